The summed E-state index contributed by atoms with van der Waals surface area (Å²) in [4.78, 5) is 2.28. The Morgan fingerprint density at radius 1 is 0.348 bits per heavy atom. The maximum absolute atomic E-state index is 6.92. The van der Waals surface area contributed by atoms with Gasteiger partial charge in [-0.1, -0.05) is 109 Å². The number of fused-ring (bicyclic) bond motifs is 6. The Hall–Kier alpha value is -5.32. The van der Waals surface area contributed by atoms with Gasteiger partial charge in [-0.25, -0.2) is 0 Å². The van der Waals surface area contributed by atoms with Crippen LogP contribution in [0.25, 0.3) is 0 Å². The summed E-state index contributed by atoms with van der Waals surface area (Å²) < 4.78 is 20.7. The average molecular weight is 600 g/mol. The van der Waals surface area contributed by atoms with E-state index in [4.69, 9.17) is 14.2 Å². The predicted molar refractivity (Wildman–Crippen MR) is 179 cm³/mol. The Balaban J connectivity index is 1.13. The van der Waals surface area contributed by atoms with Gasteiger partial charge in [-0.15, -0.1) is 0 Å². The summed E-state index contributed by atoms with van der Waals surface area (Å²) in [6.07, 6.45) is 1.47. The Morgan fingerprint density at radius 3 is 0.957 bits per heavy atom. The molecule has 224 valence electrons. The minimum absolute atomic E-state index is 0.354. The molecule has 0 amide bonds. The van der Waals surface area contributed by atoms with Gasteiger partial charge in [0.05, 0.1) is 16.7 Å². The van der Waals surface area contributed by atoms with E-state index >= 15 is 0 Å². The molecular formula is C42H33NO3. The molecule has 4 heteroatoms. The first-order valence-corrected chi connectivity index (χ1v) is 16.0. The molecule has 6 aromatic rings. The molecule has 0 aliphatic carbocycles. The lowest BCUT2D eigenvalue weighted by Crippen LogP contribution is -2.50. The number of nitrogens with zero attached hydrogens (tertiary/aromatic N) is 1. The Bertz CT molecular complexity index is 1790. The van der Waals surface area contributed by atoms with Gasteiger partial charge in [0.1, 0.15) is 17.2 Å². The Labute approximate surface area is 269 Å². The normalized spacial score (nSPS) is 18.9. The van der Waals surface area contributed by atoms with Gasteiger partial charge >= 0.3 is 0 Å². The van der Waals surface area contributed by atoms with Crippen LogP contribution in [-0.2, 0) is 19.3 Å². The van der Waals surface area contributed by atoms with Crippen LogP contribution in [0.1, 0.15) is 68.8 Å². The molecule has 9 rings (SSSR count). The first kappa shape index (κ1) is 27.0. The number of hydrogen-bond acceptors (Lipinski definition) is 4. The third-order valence-corrected chi connectivity index (χ3v) is 9.30. The van der Waals surface area contributed by atoms with Crippen LogP contribution in [0.3, 0.4) is 0 Å². The van der Waals surface area contributed by atoms with Crippen LogP contribution in [0.2, 0.25) is 0 Å². The van der Waals surface area contributed by atoms with E-state index in [-0.39, 0.29) is 18.7 Å². The van der Waals surface area contributed by atoms with E-state index in [1.165, 1.54) is 33.4 Å². The van der Waals surface area contributed by atoms with E-state index in [2.05, 4.69) is 150 Å². The predicted octanol–water partition coefficient (Wildman–Crippen LogP) is 9.33. The van der Waals surface area contributed by atoms with Crippen molar-refractivity contribution in [3.05, 3.63) is 196 Å². The topological polar surface area (TPSA) is 30.9 Å². The zero-order valence-corrected chi connectivity index (χ0v) is 25.4. The number of rotatable bonds is 6. The molecule has 0 N–H and O–H groups in total. The summed E-state index contributed by atoms with van der Waals surface area (Å²) in [5.74, 6) is 2.56. The highest BCUT2D eigenvalue weighted by Gasteiger charge is 2.51. The van der Waals surface area contributed by atoms with Gasteiger partial charge in [0.2, 0.25) is 0 Å². The van der Waals surface area contributed by atoms with Crippen molar-refractivity contribution in [3.63, 3.8) is 0 Å². The quantitative estimate of drug-likeness (QED) is 0.191. The van der Waals surface area contributed by atoms with Crippen LogP contribution in [0.15, 0.2) is 146 Å². The van der Waals surface area contributed by atoms with Crippen molar-refractivity contribution >= 4 is 0 Å². The van der Waals surface area contributed by atoms with Gasteiger partial charge in [-0.05, 0) is 89.0 Å². The lowest BCUT2D eigenvalue weighted by Gasteiger charge is -2.51. The molecule has 3 aliphatic heterocycles. The maximum Gasteiger partial charge on any atom is 0.188 e. The highest BCUT2D eigenvalue weighted by Crippen LogP contribution is 2.56. The second kappa shape index (κ2) is 11.2. The van der Waals surface area contributed by atoms with Crippen LogP contribution in [0.4, 0.5) is 0 Å². The fraction of sp³-hybridized carbons (Fsp3) is 0.143. The van der Waals surface area contributed by atoms with E-state index in [0.29, 0.717) is 0 Å². The van der Waals surface area contributed by atoms with E-state index in [0.717, 1.165) is 53.2 Å². The van der Waals surface area contributed by atoms with Gasteiger partial charge in [0.15, 0.2) is 18.7 Å². The fourth-order valence-corrected chi connectivity index (χ4v) is 7.10. The van der Waals surface area contributed by atoms with Crippen molar-refractivity contribution in [2.75, 3.05) is 0 Å². The van der Waals surface area contributed by atoms with Crippen molar-refractivity contribution in [3.8, 4) is 17.2 Å². The molecule has 3 heterocycles. The number of benzene rings is 6. The molecule has 6 aromatic carbocycles. The zero-order chi connectivity index (χ0) is 30.5. The molecule has 46 heavy (non-hydrogen) atoms. The first-order chi connectivity index (χ1) is 22.7. The van der Waals surface area contributed by atoms with E-state index in [1.54, 1.807) is 0 Å². The second-order valence-corrected chi connectivity index (χ2v) is 12.5. The molecule has 3 aliphatic rings. The fourth-order valence-electron chi connectivity index (χ4n) is 7.10. The van der Waals surface area contributed by atoms with Crippen LogP contribution in [0, 0.1) is 0 Å². The smallest absolute Gasteiger partial charge is 0.188 e. The molecule has 0 fully saturated rings. The van der Waals surface area contributed by atoms with Gasteiger partial charge in [-0.3, -0.25) is 0 Å². The van der Waals surface area contributed by atoms with Gasteiger partial charge < -0.3 is 14.2 Å². The third kappa shape index (κ3) is 4.92. The van der Waals surface area contributed by atoms with Crippen LogP contribution in [-0.4, -0.2) is 4.90 Å². The summed E-state index contributed by atoms with van der Waals surface area (Å²) >= 11 is 0. The molecule has 0 radical (unpaired) electrons. The van der Waals surface area contributed by atoms with Crippen LogP contribution >= 0.6 is 0 Å². The monoisotopic (exact) mass is 599 g/mol. The molecule has 0 saturated carbocycles. The third-order valence-electron chi connectivity index (χ3n) is 9.30. The van der Waals surface area contributed by atoms with Gasteiger partial charge in [0.25, 0.3) is 0 Å². The van der Waals surface area contributed by atoms with E-state index < -0.39 is 0 Å². The van der Waals surface area contributed by atoms with Crippen molar-refractivity contribution in [1.29, 1.82) is 0 Å². The average Bonchev–Trinajstić information content (AvgIpc) is 3.10. The number of ether oxygens (including phenoxy) is 3. The lowest BCUT2D eigenvalue weighted by molar-refractivity contribution is -0.202. The summed E-state index contributed by atoms with van der Waals surface area (Å²) in [7, 11) is 0. The summed E-state index contributed by atoms with van der Waals surface area (Å²) in [6.45, 7) is 0. The summed E-state index contributed by atoms with van der Waals surface area (Å²) in [5.41, 5.74) is 10.6. The van der Waals surface area contributed by atoms with Crippen molar-refractivity contribution < 1.29 is 14.2 Å². The first-order valence-electron chi connectivity index (χ1n) is 16.0. The second-order valence-electron chi connectivity index (χ2n) is 12.5. The molecular weight excluding hydrogens is 566 g/mol. The SMILES string of the molecule is c1ccc(Cc2ccc3c(c2)C2Oc4ccc(Cc5ccccc5)cc4C4Oc5ccc(Cc6ccccc6)cc5C(O3)N24)cc1. The highest BCUT2D eigenvalue weighted by atomic mass is 16.6. The number of hydrogen-bond donors (Lipinski definition) is 0. The minimum Gasteiger partial charge on any atom is -0.470 e. The Kier molecular flexibility index (Phi) is 6.60. The molecule has 0 spiro atoms. The molecule has 3 unspecified atom stereocenters. The molecule has 0 bridgehead atoms. The minimum atomic E-state index is -0.354. The van der Waals surface area contributed by atoms with Gasteiger partial charge in [0, 0.05) is 0 Å². The van der Waals surface area contributed by atoms with Gasteiger partial charge in [-0.2, -0.15) is 4.90 Å². The standard InChI is InChI=1S/C42H33NO3/c1-4-10-28(11-5-1)22-31-16-19-37-34(25-31)40-43-41(44-37)36-27-33(24-30-14-8-3-9-15-30)18-21-39(36)46-42(43)35-26-32(17-20-38(35)45-40)23-29-12-6-2-7-13-29/h1-21,25-27,40-42H,22-24H2. The molecule has 0 saturated heterocycles. The highest BCUT2D eigenvalue weighted by molar-refractivity contribution is 5.51. The molecule has 4 nitrogen and oxygen atoms in total. The Morgan fingerprint density at radius 2 is 0.652 bits per heavy atom. The van der Waals surface area contributed by atoms with E-state index in [1.807, 2.05) is 0 Å². The largest absolute Gasteiger partial charge is 0.470 e. The van der Waals surface area contributed by atoms with Crippen molar-refractivity contribution in [2.45, 2.75) is 37.9 Å². The molecule has 0 aromatic heterocycles. The van der Waals surface area contributed by atoms with Crippen molar-refractivity contribution in [1.82, 2.24) is 4.90 Å². The summed E-state index contributed by atoms with van der Waals surface area (Å²) in [5, 5.41) is 0. The lowest BCUT2D eigenvalue weighted by atomic mass is 9.94. The zero-order valence-electron chi connectivity index (χ0n) is 25.4. The molecule has 3 atom stereocenters. The van der Waals surface area contributed by atoms with Crippen molar-refractivity contribution in [2.24, 2.45) is 0 Å². The van der Waals surface area contributed by atoms with Crippen LogP contribution < -0.4 is 14.2 Å². The van der Waals surface area contributed by atoms with Crippen LogP contribution in [0.5, 0.6) is 17.2 Å². The van der Waals surface area contributed by atoms with E-state index in [9.17, 15) is 0 Å². The maximum atomic E-state index is 6.92. The summed E-state index contributed by atoms with van der Waals surface area (Å²) in [6, 6.07) is 51.4.